The molecule has 0 aliphatic carbocycles. The molecule has 1 aromatic rings. The van der Waals surface area contributed by atoms with Gasteiger partial charge in [-0.3, -0.25) is 4.79 Å². The minimum atomic E-state index is -1.18. The summed E-state index contributed by atoms with van der Waals surface area (Å²) in [6.45, 7) is 1.43. The van der Waals surface area contributed by atoms with Gasteiger partial charge in [0.15, 0.2) is 0 Å². The molecule has 0 fully saturated rings. The molecule has 1 aromatic carbocycles. The Bertz CT molecular complexity index is 588. The number of aliphatic carboxylic acids is 1. The standard InChI is InChI=1S/C12H10ClFN2O3/c1-5-9(11(17)18)10(16-12(19)15-5)7-3-2-6(13)4-8(7)14/h2-4,9-10H,1H3,(H,16,19)(H,17,18). The van der Waals surface area contributed by atoms with Crippen LogP contribution in [0.1, 0.15) is 18.5 Å². The molecule has 1 aliphatic rings. The van der Waals surface area contributed by atoms with Gasteiger partial charge in [-0.2, -0.15) is 0 Å². The maximum atomic E-state index is 13.9. The lowest BCUT2D eigenvalue weighted by Crippen LogP contribution is -2.43. The maximum absolute atomic E-state index is 13.9. The third-order valence-corrected chi connectivity index (χ3v) is 3.14. The Hall–Kier alpha value is -1.95. The van der Waals surface area contributed by atoms with Gasteiger partial charge in [0.05, 0.1) is 6.04 Å². The van der Waals surface area contributed by atoms with Crippen LogP contribution in [0.3, 0.4) is 0 Å². The third kappa shape index (κ3) is 2.58. The molecule has 19 heavy (non-hydrogen) atoms. The van der Waals surface area contributed by atoms with Gasteiger partial charge in [0.2, 0.25) is 0 Å². The quantitative estimate of drug-likeness (QED) is 0.875. The van der Waals surface area contributed by atoms with Crippen LogP contribution in [0, 0.1) is 11.7 Å². The molecule has 2 atom stereocenters. The van der Waals surface area contributed by atoms with Gasteiger partial charge >= 0.3 is 12.0 Å². The van der Waals surface area contributed by atoms with Crippen molar-refractivity contribution in [2.45, 2.75) is 13.0 Å². The predicted octanol–water partition coefficient (Wildman–Crippen LogP) is 2.41. The van der Waals surface area contributed by atoms with E-state index in [-0.39, 0.29) is 16.3 Å². The number of urea groups is 1. The highest BCUT2D eigenvalue weighted by atomic mass is 35.5. The maximum Gasteiger partial charge on any atom is 0.341 e. The minimum Gasteiger partial charge on any atom is -0.481 e. The zero-order valence-electron chi connectivity index (χ0n) is 9.85. The molecule has 1 aliphatic heterocycles. The summed E-state index contributed by atoms with van der Waals surface area (Å²) in [6, 6.07) is 2.18. The lowest BCUT2D eigenvalue weighted by molar-refractivity contribution is -0.140. The number of nitrogens with zero attached hydrogens (tertiary/aromatic N) is 1. The SMILES string of the molecule is CC1=NC(=O)NC(c2ccc(Cl)cc2F)C1C(=O)O. The number of halogens is 2. The number of carbonyl (C=O) groups excluding carboxylic acids is 1. The molecule has 0 spiro atoms. The van der Waals surface area contributed by atoms with Crippen molar-refractivity contribution in [1.29, 1.82) is 0 Å². The molecule has 1 heterocycles. The topological polar surface area (TPSA) is 78.8 Å². The Labute approximate surface area is 113 Å². The predicted molar refractivity (Wildman–Crippen MR) is 66.9 cm³/mol. The number of carboxylic acids is 1. The normalized spacial score (nSPS) is 22.7. The van der Waals surface area contributed by atoms with Crippen molar-refractivity contribution < 1.29 is 19.1 Å². The number of rotatable bonds is 2. The second-order valence-electron chi connectivity index (χ2n) is 4.16. The smallest absolute Gasteiger partial charge is 0.341 e. The molecule has 0 bridgehead atoms. The second kappa shape index (κ2) is 4.97. The van der Waals surface area contributed by atoms with E-state index in [1.807, 2.05) is 0 Å². The van der Waals surface area contributed by atoms with E-state index >= 15 is 0 Å². The van der Waals surface area contributed by atoms with Crippen molar-refractivity contribution in [3.8, 4) is 0 Å². The van der Waals surface area contributed by atoms with Crippen molar-refractivity contribution >= 4 is 29.3 Å². The molecule has 0 radical (unpaired) electrons. The molecule has 2 N–H and O–H groups in total. The lowest BCUT2D eigenvalue weighted by Gasteiger charge is -2.28. The summed E-state index contributed by atoms with van der Waals surface area (Å²) in [4.78, 5) is 26.2. The molecule has 0 aromatic heterocycles. The first-order valence-corrected chi connectivity index (χ1v) is 5.81. The molecule has 0 saturated carbocycles. The lowest BCUT2D eigenvalue weighted by atomic mass is 9.88. The number of benzene rings is 1. The molecule has 0 saturated heterocycles. The van der Waals surface area contributed by atoms with Gasteiger partial charge in [0.1, 0.15) is 11.7 Å². The summed E-state index contributed by atoms with van der Waals surface area (Å²) >= 11 is 5.64. The molecule has 100 valence electrons. The largest absolute Gasteiger partial charge is 0.481 e. The highest BCUT2D eigenvalue weighted by Gasteiger charge is 2.38. The van der Waals surface area contributed by atoms with Crippen LogP contribution in [0.25, 0.3) is 0 Å². The van der Waals surface area contributed by atoms with Crippen LogP contribution >= 0.6 is 11.6 Å². The number of hydrogen-bond donors (Lipinski definition) is 2. The van der Waals surface area contributed by atoms with Gasteiger partial charge in [-0.25, -0.2) is 14.2 Å². The molecule has 2 unspecified atom stereocenters. The first-order chi connectivity index (χ1) is 8.90. The zero-order valence-corrected chi connectivity index (χ0v) is 10.6. The van der Waals surface area contributed by atoms with E-state index in [4.69, 9.17) is 11.6 Å². The number of nitrogens with one attached hydrogen (secondary N) is 1. The number of amides is 2. The Morgan fingerprint density at radius 3 is 2.79 bits per heavy atom. The first kappa shape index (κ1) is 13.5. The van der Waals surface area contributed by atoms with Gasteiger partial charge in [0.25, 0.3) is 0 Å². The van der Waals surface area contributed by atoms with E-state index in [1.165, 1.54) is 19.1 Å². The summed E-state index contributed by atoms with van der Waals surface area (Å²) in [5.41, 5.74) is 0.204. The average molecular weight is 285 g/mol. The minimum absolute atomic E-state index is 0.0689. The molecule has 2 amide bonds. The molecule has 5 nitrogen and oxygen atoms in total. The Morgan fingerprint density at radius 2 is 2.21 bits per heavy atom. The average Bonchev–Trinajstić information content (AvgIpc) is 2.26. The van der Waals surface area contributed by atoms with Gasteiger partial charge in [-0.05, 0) is 19.1 Å². The molecule has 7 heteroatoms. The summed E-state index contributed by atoms with van der Waals surface area (Å²) in [6.07, 6.45) is 0. The van der Waals surface area contributed by atoms with Gasteiger partial charge in [-0.1, -0.05) is 17.7 Å². The van der Waals surface area contributed by atoms with Crippen LogP contribution in [0.4, 0.5) is 9.18 Å². The van der Waals surface area contributed by atoms with E-state index in [0.717, 1.165) is 6.07 Å². The van der Waals surface area contributed by atoms with E-state index < -0.39 is 29.8 Å². The summed E-state index contributed by atoms with van der Waals surface area (Å²) < 4.78 is 13.9. The fraction of sp³-hybridized carbons (Fsp3) is 0.250. The zero-order chi connectivity index (χ0) is 14.2. The van der Waals surface area contributed by atoms with Gasteiger partial charge in [0, 0.05) is 16.3 Å². The van der Waals surface area contributed by atoms with E-state index in [9.17, 15) is 19.1 Å². The Kier molecular flexibility index (Phi) is 3.53. The molecular weight excluding hydrogens is 275 g/mol. The second-order valence-corrected chi connectivity index (χ2v) is 4.60. The monoisotopic (exact) mass is 284 g/mol. The van der Waals surface area contributed by atoms with Crippen molar-refractivity contribution in [3.05, 3.63) is 34.6 Å². The van der Waals surface area contributed by atoms with Crippen LogP contribution < -0.4 is 5.32 Å². The summed E-state index contributed by atoms with van der Waals surface area (Å²) in [7, 11) is 0. The number of aliphatic imine (C=N–C) groups is 1. The highest BCUT2D eigenvalue weighted by Crippen LogP contribution is 2.30. The molecule has 2 rings (SSSR count). The summed E-state index contributed by atoms with van der Waals surface area (Å²) in [5, 5.41) is 11.8. The number of hydrogen-bond acceptors (Lipinski definition) is 2. The fourth-order valence-corrected chi connectivity index (χ4v) is 2.21. The van der Waals surface area contributed by atoms with E-state index in [2.05, 4.69) is 10.3 Å². The number of carbonyl (C=O) groups is 2. The van der Waals surface area contributed by atoms with Crippen molar-refractivity contribution in [1.82, 2.24) is 5.32 Å². The van der Waals surface area contributed by atoms with E-state index in [1.54, 1.807) is 0 Å². The Balaban J connectivity index is 2.49. The van der Waals surface area contributed by atoms with Crippen LogP contribution in [0.2, 0.25) is 5.02 Å². The van der Waals surface area contributed by atoms with Crippen molar-refractivity contribution in [2.75, 3.05) is 0 Å². The van der Waals surface area contributed by atoms with Crippen LogP contribution in [-0.2, 0) is 4.79 Å². The number of carboxylic acid groups (broad SMARTS) is 1. The van der Waals surface area contributed by atoms with Gasteiger partial charge < -0.3 is 10.4 Å². The van der Waals surface area contributed by atoms with Crippen LogP contribution in [0.5, 0.6) is 0 Å². The van der Waals surface area contributed by atoms with Crippen LogP contribution in [-0.4, -0.2) is 22.8 Å². The van der Waals surface area contributed by atoms with E-state index in [0.29, 0.717) is 0 Å². The Morgan fingerprint density at radius 1 is 1.53 bits per heavy atom. The molecular formula is C12H10ClFN2O3. The fourth-order valence-electron chi connectivity index (χ4n) is 2.05. The first-order valence-electron chi connectivity index (χ1n) is 5.43. The highest BCUT2D eigenvalue weighted by molar-refractivity contribution is 6.30. The summed E-state index contributed by atoms with van der Waals surface area (Å²) in [5.74, 6) is -2.95. The van der Waals surface area contributed by atoms with Crippen molar-refractivity contribution in [2.24, 2.45) is 10.9 Å². The third-order valence-electron chi connectivity index (χ3n) is 2.90. The van der Waals surface area contributed by atoms with Gasteiger partial charge in [-0.15, -0.1) is 0 Å². The van der Waals surface area contributed by atoms with Crippen LogP contribution in [0.15, 0.2) is 23.2 Å². The van der Waals surface area contributed by atoms with Crippen molar-refractivity contribution in [3.63, 3.8) is 0 Å².